The second-order valence-electron chi connectivity index (χ2n) is 6.21. The molecule has 0 bridgehead atoms. The van der Waals surface area contributed by atoms with Crippen molar-refractivity contribution in [2.45, 2.75) is 32.9 Å². The Morgan fingerprint density at radius 1 is 1.33 bits per heavy atom. The first-order valence-electron chi connectivity index (χ1n) is 7.29. The van der Waals surface area contributed by atoms with Crippen LogP contribution in [0.1, 0.15) is 24.2 Å². The highest BCUT2D eigenvalue weighted by atomic mass is 127. The molecular weight excluding hydrogens is 465 g/mol. The van der Waals surface area contributed by atoms with Gasteiger partial charge in [-0.3, -0.25) is 9.59 Å². The predicted octanol–water partition coefficient (Wildman–Crippen LogP) is 2.84. The standard InChI is InChI=1S/C16H15ClINO4S/c1-15(2)11(19-13(22)16(17,18)14(19)24-15)12(21)23-8-10(20)9-6-4-3-5-7-9/h3-7,11,14H,8H2,1-2H3/t11-,14+,16?/m0/s1. The summed E-state index contributed by atoms with van der Waals surface area (Å²) in [5.41, 5.74) is 0.482. The van der Waals surface area contributed by atoms with Gasteiger partial charge in [-0.15, -0.1) is 11.8 Å². The maximum absolute atomic E-state index is 12.5. The largest absolute Gasteiger partial charge is 0.456 e. The Balaban J connectivity index is 1.69. The van der Waals surface area contributed by atoms with Crippen molar-refractivity contribution in [2.75, 3.05) is 6.61 Å². The predicted molar refractivity (Wildman–Crippen MR) is 100 cm³/mol. The van der Waals surface area contributed by atoms with E-state index in [9.17, 15) is 14.4 Å². The number of hydrogen-bond acceptors (Lipinski definition) is 5. The lowest BCUT2D eigenvalue weighted by Gasteiger charge is -2.46. The van der Waals surface area contributed by atoms with Crippen LogP contribution in [0.3, 0.4) is 0 Å². The number of β-lactam (4-membered cyclic amide) rings is 1. The zero-order valence-corrected chi connectivity index (χ0v) is 16.7. The summed E-state index contributed by atoms with van der Waals surface area (Å²) in [6, 6.07) is 7.88. The molecule has 3 atom stereocenters. The number of nitrogens with zero attached hydrogens (tertiary/aromatic N) is 1. The summed E-state index contributed by atoms with van der Waals surface area (Å²) in [7, 11) is 0. The molecule has 8 heteroatoms. The van der Waals surface area contributed by atoms with E-state index < -0.39 is 19.6 Å². The third-order valence-corrected chi connectivity index (χ3v) is 7.71. The van der Waals surface area contributed by atoms with Crippen LogP contribution in [0, 0.1) is 0 Å². The minimum absolute atomic E-state index is 0.273. The van der Waals surface area contributed by atoms with Crippen LogP contribution < -0.4 is 0 Å². The molecule has 1 aromatic rings. The minimum atomic E-state index is -1.02. The second-order valence-corrected chi connectivity index (χ2v) is 10.9. The maximum Gasteiger partial charge on any atom is 0.330 e. The van der Waals surface area contributed by atoms with Gasteiger partial charge < -0.3 is 9.64 Å². The number of carbonyl (C=O) groups is 3. The van der Waals surface area contributed by atoms with Gasteiger partial charge in [0.05, 0.1) is 0 Å². The van der Waals surface area contributed by atoms with E-state index >= 15 is 0 Å². The molecule has 2 fully saturated rings. The number of thioether (sulfide) groups is 1. The van der Waals surface area contributed by atoms with Gasteiger partial charge in [0.1, 0.15) is 11.4 Å². The summed E-state index contributed by atoms with van der Waals surface area (Å²) in [6.45, 7) is 3.40. The Morgan fingerprint density at radius 3 is 2.58 bits per heavy atom. The second kappa shape index (κ2) is 6.17. The van der Waals surface area contributed by atoms with E-state index in [0.29, 0.717) is 5.56 Å². The number of Topliss-reactive ketones (excluding diaryl/α,β-unsaturated/α-hetero) is 1. The lowest BCUT2D eigenvalue weighted by atomic mass is 9.98. The molecule has 2 aliphatic heterocycles. The number of fused-ring (bicyclic) bond motifs is 1. The van der Waals surface area contributed by atoms with Crippen molar-refractivity contribution in [1.29, 1.82) is 0 Å². The number of ether oxygens (including phenoxy) is 1. The van der Waals surface area contributed by atoms with E-state index in [4.69, 9.17) is 16.3 Å². The summed E-state index contributed by atoms with van der Waals surface area (Å²) >= 11 is 9.61. The van der Waals surface area contributed by atoms with Crippen molar-refractivity contribution in [1.82, 2.24) is 4.90 Å². The lowest BCUT2D eigenvalue weighted by molar-refractivity contribution is -0.160. The zero-order valence-electron chi connectivity index (χ0n) is 13.0. The molecule has 3 rings (SSSR count). The van der Waals surface area contributed by atoms with Gasteiger partial charge in [0.25, 0.3) is 5.91 Å². The van der Waals surface area contributed by atoms with Crippen LogP contribution in [0.15, 0.2) is 30.3 Å². The summed E-state index contributed by atoms with van der Waals surface area (Å²) in [5, 5.41) is -0.273. The van der Waals surface area contributed by atoms with E-state index in [1.165, 1.54) is 16.7 Å². The molecule has 0 spiro atoms. The van der Waals surface area contributed by atoms with Gasteiger partial charge in [-0.05, 0) is 36.4 Å². The first-order chi connectivity index (χ1) is 11.2. The average molecular weight is 480 g/mol. The van der Waals surface area contributed by atoms with Crippen LogP contribution >= 0.6 is 46.0 Å². The molecule has 1 aromatic carbocycles. The molecule has 128 valence electrons. The fourth-order valence-electron chi connectivity index (χ4n) is 2.88. The molecule has 5 nitrogen and oxygen atoms in total. The molecule has 2 aliphatic rings. The number of rotatable bonds is 4. The molecule has 0 saturated carbocycles. The van der Waals surface area contributed by atoms with Crippen LogP contribution in [-0.2, 0) is 14.3 Å². The maximum atomic E-state index is 12.5. The smallest absolute Gasteiger partial charge is 0.330 e. The van der Waals surface area contributed by atoms with Crippen molar-refractivity contribution >= 4 is 63.6 Å². The topological polar surface area (TPSA) is 63.7 Å². The van der Waals surface area contributed by atoms with Crippen LogP contribution in [0.2, 0.25) is 0 Å². The number of carbonyl (C=O) groups excluding carboxylic acids is 3. The summed E-state index contributed by atoms with van der Waals surface area (Å²) in [5.74, 6) is -1.14. The Hall–Kier alpha value is -0.800. The van der Waals surface area contributed by atoms with Gasteiger partial charge in [-0.1, -0.05) is 41.9 Å². The van der Waals surface area contributed by atoms with E-state index in [1.807, 2.05) is 36.4 Å². The monoisotopic (exact) mass is 479 g/mol. The highest BCUT2D eigenvalue weighted by Crippen LogP contribution is 2.59. The van der Waals surface area contributed by atoms with Crippen molar-refractivity contribution in [3.63, 3.8) is 0 Å². The third kappa shape index (κ3) is 2.84. The molecule has 0 radical (unpaired) electrons. The SMILES string of the molecule is CC1(C)S[C@H]2N(C(=O)C2(Cl)I)[C@H]1C(=O)OCC(=O)c1ccccc1. The number of hydrogen-bond donors (Lipinski definition) is 0. The van der Waals surface area contributed by atoms with Gasteiger partial charge in [0, 0.05) is 10.3 Å². The Kier molecular flexibility index (Phi) is 4.63. The van der Waals surface area contributed by atoms with Crippen molar-refractivity contribution in [3.8, 4) is 0 Å². The van der Waals surface area contributed by atoms with Crippen LogP contribution in [0.5, 0.6) is 0 Å². The van der Waals surface area contributed by atoms with Crippen molar-refractivity contribution < 1.29 is 19.1 Å². The summed E-state index contributed by atoms with van der Waals surface area (Å²) in [6.07, 6.45) is 0. The molecule has 0 aliphatic carbocycles. The third-order valence-electron chi connectivity index (χ3n) is 4.10. The van der Waals surface area contributed by atoms with E-state index in [2.05, 4.69) is 0 Å². The summed E-state index contributed by atoms with van der Waals surface area (Å²) in [4.78, 5) is 38.3. The molecule has 24 heavy (non-hydrogen) atoms. The molecule has 0 N–H and O–H groups in total. The quantitative estimate of drug-likeness (QED) is 0.218. The van der Waals surface area contributed by atoms with Gasteiger partial charge in [0.15, 0.2) is 12.4 Å². The molecular formula is C16H15ClINO4S. The van der Waals surface area contributed by atoms with Crippen LogP contribution in [-0.4, -0.2) is 48.2 Å². The van der Waals surface area contributed by atoms with E-state index in [1.54, 1.807) is 30.3 Å². The van der Waals surface area contributed by atoms with Gasteiger partial charge >= 0.3 is 5.97 Å². The fraction of sp³-hybridized carbons (Fsp3) is 0.438. The molecule has 1 unspecified atom stereocenters. The Labute approximate surface area is 162 Å². The fourth-order valence-corrected chi connectivity index (χ4v) is 5.67. The first kappa shape index (κ1) is 18.0. The number of esters is 1. The van der Waals surface area contributed by atoms with Gasteiger partial charge in [-0.25, -0.2) is 4.79 Å². The number of halogens is 2. The van der Waals surface area contributed by atoms with Crippen LogP contribution in [0.25, 0.3) is 0 Å². The molecule has 2 heterocycles. The molecule has 1 amide bonds. The number of amides is 1. The number of alkyl halides is 2. The van der Waals surface area contributed by atoms with Gasteiger partial charge in [0.2, 0.25) is 2.88 Å². The van der Waals surface area contributed by atoms with Crippen molar-refractivity contribution in [3.05, 3.63) is 35.9 Å². The Morgan fingerprint density at radius 2 is 1.96 bits per heavy atom. The first-order valence-corrected chi connectivity index (χ1v) is 9.63. The highest BCUT2D eigenvalue weighted by molar-refractivity contribution is 14.1. The normalized spacial score (nSPS) is 30.5. The number of ketones is 1. The van der Waals surface area contributed by atoms with Gasteiger partial charge in [-0.2, -0.15) is 0 Å². The van der Waals surface area contributed by atoms with Crippen molar-refractivity contribution in [2.24, 2.45) is 0 Å². The average Bonchev–Trinajstić information content (AvgIpc) is 2.83. The molecule has 2 saturated heterocycles. The summed E-state index contributed by atoms with van der Waals surface area (Å²) < 4.78 is 3.65. The zero-order chi connectivity index (χ0) is 17.7. The van der Waals surface area contributed by atoms with E-state index in [0.717, 1.165) is 0 Å². The highest BCUT2D eigenvalue weighted by Gasteiger charge is 2.70. The lowest BCUT2D eigenvalue weighted by Crippen LogP contribution is -2.68. The van der Waals surface area contributed by atoms with E-state index in [-0.39, 0.29) is 23.7 Å². The number of benzene rings is 1. The molecule has 0 aromatic heterocycles. The Bertz CT molecular complexity index is 709. The van der Waals surface area contributed by atoms with Crippen LogP contribution in [0.4, 0.5) is 0 Å². The minimum Gasteiger partial charge on any atom is -0.456 e.